The number of amides is 1. The first kappa shape index (κ1) is 14.3. The molecule has 0 atom stereocenters. The average molecular weight is 280 g/mol. The van der Waals surface area contributed by atoms with Crippen LogP contribution in [0.15, 0.2) is 28.7 Å². The van der Waals surface area contributed by atoms with Crippen LogP contribution in [0.1, 0.15) is 10.6 Å². The second kappa shape index (κ2) is 5.49. The third-order valence-corrected chi connectivity index (χ3v) is 3.05. The SMILES string of the molecule is Nc1ccc2oc(C(=O)NC(CO)(CO)CO)cc2c1. The second-order valence-electron chi connectivity index (χ2n) is 4.62. The maximum absolute atomic E-state index is 12.0. The number of nitrogens with two attached hydrogens (primary N) is 1. The first-order valence-electron chi connectivity index (χ1n) is 5.98. The Morgan fingerprint density at radius 3 is 2.45 bits per heavy atom. The summed E-state index contributed by atoms with van der Waals surface area (Å²) in [6, 6.07) is 6.44. The van der Waals surface area contributed by atoms with Gasteiger partial charge in [-0.1, -0.05) is 0 Å². The number of hydrogen-bond donors (Lipinski definition) is 5. The van der Waals surface area contributed by atoms with E-state index in [1.807, 2.05) is 0 Å². The summed E-state index contributed by atoms with van der Waals surface area (Å²) in [7, 11) is 0. The van der Waals surface area contributed by atoms with Gasteiger partial charge >= 0.3 is 0 Å². The second-order valence-corrected chi connectivity index (χ2v) is 4.62. The molecule has 0 radical (unpaired) electrons. The molecular formula is C13H16N2O5. The van der Waals surface area contributed by atoms with Gasteiger partial charge in [0.1, 0.15) is 11.1 Å². The number of carbonyl (C=O) groups excluding carboxylic acids is 1. The molecule has 0 aliphatic rings. The standard InChI is InChI=1S/C13H16N2O5/c14-9-1-2-10-8(3-9)4-11(20-10)12(19)15-13(5-16,6-17)7-18/h1-4,16-18H,5-7,14H2,(H,15,19). The largest absolute Gasteiger partial charge is 0.451 e. The van der Waals surface area contributed by atoms with Crippen LogP contribution in [0.2, 0.25) is 0 Å². The van der Waals surface area contributed by atoms with Crippen LogP contribution in [0.25, 0.3) is 11.0 Å². The molecule has 108 valence electrons. The molecule has 1 aromatic carbocycles. The zero-order chi connectivity index (χ0) is 14.8. The fourth-order valence-corrected chi connectivity index (χ4v) is 1.74. The molecule has 1 amide bonds. The van der Waals surface area contributed by atoms with Gasteiger partial charge in [-0.05, 0) is 24.3 Å². The lowest BCUT2D eigenvalue weighted by atomic mass is 10.0. The molecule has 7 heteroatoms. The predicted octanol–water partition coefficient (Wildman–Crippen LogP) is -0.540. The molecule has 0 spiro atoms. The van der Waals surface area contributed by atoms with E-state index in [2.05, 4.69) is 5.32 Å². The third kappa shape index (κ3) is 2.60. The summed E-state index contributed by atoms with van der Waals surface area (Å²) in [6.45, 7) is -1.79. The van der Waals surface area contributed by atoms with E-state index in [4.69, 9.17) is 25.5 Å². The van der Waals surface area contributed by atoms with Crippen LogP contribution in [0.5, 0.6) is 0 Å². The van der Waals surface area contributed by atoms with Crippen molar-refractivity contribution in [1.29, 1.82) is 0 Å². The van der Waals surface area contributed by atoms with E-state index in [9.17, 15) is 4.79 Å². The number of aliphatic hydroxyl groups excluding tert-OH is 3. The number of nitrogens with one attached hydrogen (secondary N) is 1. The fraction of sp³-hybridized carbons (Fsp3) is 0.308. The average Bonchev–Trinajstić information content (AvgIpc) is 2.88. The number of fused-ring (bicyclic) bond motifs is 1. The van der Waals surface area contributed by atoms with E-state index in [1.54, 1.807) is 18.2 Å². The van der Waals surface area contributed by atoms with Gasteiger partial charge in [-0.3, -0.25) is 4.79 Å². The molecule has 0 fully saturated rings. The lowest BCUT2D eigenvalue weighted by Crippen LogP contribution is -2.56. The third-order valence-electron chi connectivity index (χ3n) is 3.05. The van der Waals surface area contributed by atoms with Gasteiger partial charge in [0.2, 0.25) is 0 Å². The Bertz CT molecular complexity index is 610. The molecule has 0 saturated carbocycles. The number of nitrogen functional groups attached to an aromatic ring is 1. The Balaban J connectivity index is 2.27. The van der Waals surface area contributed by atoms with Gasteiger partial charge in [-0.25, -0.2) is 0 Å². The molecule has 20 heavy (non-hydrogen) atoms. The number of carbonyl (C=O) groups is 1. The van der Waals surface area contributed by atoms with E-state index in [0.717, 1.165) is 0 Å². The number of aliphatic hydroxyl groups is 3. The van der Waals surface area contributed by atoms with Gasteiger partial charge in [0.15, 0.2) is 5.76 Å². The summed E-state index contributed by atoms with van der Waals surface area (Å²) in [5.41, 5.74) is 5.18. The van der Waals surface area contributed by atoms with E-state index >= 15 is 0 Å². The van der Waals surface area contributed by atoms with E-state index in [0.29, 0.717) is 16.7 Å². The van der Waals surface area contributed by atoms with Gasteiger partial charge in [0.05, 0.1) is 19.8 Å². The molecule has 0 saturated heterocycles. The van der Waals surface area contributed by atoms with Gasteiger partial charge in [0, 0.05) is 11.1 Å². The summed E-state index contributed by atoms with van der Waals surface area (Å²) in [5.74, 6) is -0.637. The molecule has 2 rings (SSSR count). The van der Waals surface area contributed by atoms with Gasteiger partial charge in [-0.2, -0.15) is 0 Å². The Labute approximate surface area is 114 Å². The van der Waals surface area contributed by atoms with Gasteiger partial charge < -0.3 is 30.8 Å². The number of hydrogen-bond acceptors (Lipinski definition) is 6. The van der Waals surface area contributed by atoms with Crippen molar-refractivity contribution >= 4 is 22.6 Å². The highest BCUT2D eigenvalue weighted by Gasteiger charge is 2.31. The Hall–Kier alpha value is -2.09. The quantitative estimate of drug-likeness (QED) is 0.468. The predicted molar refractivity (Wildman–Crippen MR) is 72.1 cm³/mol. The first-order valence-corrected chi connectivity index (χ1v) is 5.98. The lowest BCUT2D eigenvalue weighted by molar-refractivity contribution is 0.0364. The molecule has 0 bridgehead atoms. The van der Waals surface area contributed by atoms with Crippen molar-refractivity contribution in [3.8, 4) is 0 Å². The summed E-state index contributed by atoms with van der Waals surface area (Å²) >= 11 is 0. The van der Waals surface area contributed by atoms with Crippen molar-refractivity contribution < 1.29 is 24.5 Å². The van der Waals surface area contributed by atoms with E-state index < -0.39 is 31.3 Å². The van der Waals surface area contributed by atoms with Crippen LogP contribution in [0, 0.1) is 0 Å². The highest BCUT2D eigenvalue weighted by molar-refractivity contribution is 5.97. The van der Waals surface area contributed by atoms with Crippen molar-refractivity contribution in [1.82, 2.24) is 5.32 Å². The molecular weight excluding hydrogens is 264 g/mol. The highest BCUT2D eigenvalue weighted by Crippen LogP contribution is 2.22. The van der Waals surface area contributed by atoms with Crippen LogP contribution >= 0.6 is 0 Å². The molecule has 1 aromatic heterocycles. The van der Waals surface area contributed by atoms with Crippen molar-refractivity contribution in [2.45, 2.75) is 5.54 Å². The van der Waals surface area contributed by atoms with Crippen LogP contribution < -0.4 is 11.1 Å². The van der Waals surface area contributed by atoms with Crippen LogP contribution in [-0.4, -0.2) is 46.6 Å². The summed E-state index contributed by atoms with van der Waals surface area (Å²) in [4.78, 5) is 12.0. The Morgan fingerprint density at radius 2 is 1.85 bits per heavy atom. The zero-order valence-corrected chi connectivity index (χ0v) is 10.7. The van der Waals surface area contributed by atoms with Crippen molar-refractivity contribution in [3.05, 3.63) is 30.0 Å². The maximum atomic E-state index is 12.0. The van der Waals surface area contributed by atoms with Gasteiger partial charge in [-0.15, -0.1) is 0 Å². The van der Waals surface area contributed by atoms with Crippen molar-refractivity contribution in [2.24, 2.45) is 0 Å². The number of rotatable bonds is 5. The van der Waals surface area contributed by atoms with E-state index in [1.165, 1.54) is 6.07 Å². The van der Waals surface area contributed by atoms with Crippen molar-refractivity contribution in [3.63, 3.8) is 0 Å². The zero-order valence-electron chi connectivity index (χ0n) is 10.7. The number of benzene rings is 1. The monoisotopic (exact) mass is 280 g/mol. The maximum Gasteiger partial charge on any atom is 0.287 e. The fourth-order valence-electron chi connectivity index (χ4n) is 1.74. The molecule has 2 aromatic rings. The summed E-state index contributed by atoms with van der Waals surface area (Å²) < 4.78 is 5.35. The lowest BCUT2D eigenvalue weighted by Gasteiger charge is -2.28. The Morgan fingerprint density at radius 1 is 1.20 bits per heavy atom. The smallest absolute Gasteiger partial charge is 0.287 e. The number of anilines is 1. The molecule has 6 N–H and O–H groups in total. The van der Waals surface area contributed by atoms with Gasteiger partial charge in [0.25, 0.3) is 5.91 Å². The molecule has 0 unspecified atom stereocenters. The summed E-state index contributed by atoms with van der Waals surface area (Å²) in [5, 5.41) is 30.5. The molecule has 0 aliphatic heterocycles. The minimum absolute atomic E-state index is 0.00493. The molecule has 0 aliphatic carbocycles. The minimum atomic E-state index is -1.49. The molecule has 7 nitrogen and oxygen atoms in total. The van der Waals surface area contributed by atoms with E-state index in [-0.39, 0.29) is 5.76 Å². The normalized spacial score (nSPS) is 11.8. The minimum Gasteiger partial charge on any atom is -0.451 e. The molecule has 1 heterocycles. The summed E-state index contributed by atoms with van der Waals surface area (Å²) in [6.07, 6.45) is 0. The Kier molecular flexibility index (Phi) is 3.93. The highest BCUT2D eigenvalue weighted by atomic mass is 16.3. The van der Waals surface area contributed by atoms with Crippen LogP contribution in [0.4, 0.5) is 5.69 Å². The van der Waals surface area contributed by atoms with Crippen LogP contribution in [0.3, 0.4) is 0 Å². The van der Waals surface area contributed by atoms with Crippen molar-refractivity contribution in [2.75, 3.05) is 25.6 Å². The van der Waals surface area contributed by atoms with Crippen LogP contribution in [-0.2, 0) is 0 Å². The number of furan rings is 1. The topological polar surface area (TPSA) is 129 Å². The first-order chi connectivity index (χ1) is 9.53.